The van der Waals surface area contributed by atoms with Crippen LogP contribution in [-0.4, -0.2) is 53.1 Å². The van der Waals surface area contributed by atoms with Gasteiger partial charge in [0, 0.05) is 0 Å². The van der Waals surface area contributed by atoms with E-state index >= 15 is 0 Å². The standard InChI is InChI=1S/C10H20N2O3S2/c1-16-5-3-7(11)9(13)12-8(10(14)15)4-6-17-2/h7-8H,3-6,11H2,1-2H3,(H,12,13)(H,14,15)/t7?,8-/m0/s1. The minimum atomic E-state index is -1.01. The Labute approximate surface area is 110 Å². The number of nitrogens with one attached hydrogen (secondary N) is 1. The molecule has 17 heavy (non-hydrogen) atoms. The normalized spacial score (nSPS) is 14.1. The van der Waals surface area contributed by atoms with Crippen molar-refractivity contribution in [1.29, 1.82) is 0 Å². The van der Waals surface area contributed by atoms with Gasteiger partial charge in [0.2, 0.25) is 5.91 Å². The molecular formula is C10H20N2O3S2. The second-order valence-corrected chi connectivity index (χ2v) is 5.54. The van der Waals surface area contributed by atoms with E-state index in [0.29, 0.717) is 18.6 Å². The van der Waals surface area contributed by atoms with Crippen LogP contribution in [0.25, 0.3) is 0 Å². The van der Waals surface area contributed by atoms with Gasteiger partial charge in [-0.3, -0.25) is 4.79 Å². The fourth-order valence-corrected chi connectivity index (χ4v) is 2.11. The lowest BCUT2D eigenvalue weighted by atomic mass is 10.2. The fourth-order valence-electron chi connectivity index (χ4n) is 1.15. The molecule has 0 aliphatic heterocycles. The summed E-state index contributed by atoms with van der Waals surface area (Å²) < 4.78 is 0. The molecule has 0 rings (SSSR count). The Morgan fingerprint density at radius 3 is 2.24 bits per heavy atom. The molecule has 1 amide bonds. The molecule has 0 aliphatic carbocycles. The van der Waals surface area contributed by atoms with Gasteiger partial charge in [-0.25, -0.2) is 4.79 Å². The van der Waals surface area contributed by atoms with Gasteiger partial charge in [-0.1, -0.05) is 0 Å². The van der Waals surface area contributed by atoms with Gasteiger partial charge in [0.05, 0.1) is 6.04 Å². The van der Waals surface area contributed by atoms with Crippen molar-refractivity contribution in [3.63, 3.8) is 0 Å². The van der Waals surface area contributed by atoms with Crippen LogP contribution in [0, 0.1) is 0 Å². The average molecular weight is 280 g/mol. The quantitative estimate of drug-likeness (QED) is 0.566. The Morgan fingerprint density at radius 2 is 1.76 bits per heavy atom. The molecule has 100 valence electrons. The summed E-state index contributed by atoms with van der Waals surface area (Å²) in [5.74, 6) is 0.0889. The zero-order valence-corrected chi connectivity index (χ0v) is 11.8. The zero-order chi connectivity index (χ0) is 13.3. The van der Waals surface area contributed by atoms with E-state index in [0.717, 1.165) is 5.75 Å². The van der Waals surface area contributed by atoms with Crippen LogP contribution in [0.4, 0.5) is 0 Å². The first-order valence-corrected chi connectivity index (χ1v) is 8.08. The zero-order valence-electron chi connectivity index (χ0n) is 10.1. The molecule has 0 bridgehead atoms. The van der Waals surface area contributed by atoms with Gasteiger partial charge in [0.25, 0.3) is 0 Å². The molecule has 0 radical (unpaired) electrons. The summed E-state index contributed by atoms with van der Waals surface area (Å²) in [6.07, 6.45) is 4.80. The van der Waals surface area contributed by atoms with Gasteiger partial charge in [-0.05, 0) is 36.9 Å². The Hall–Kier alpha value is -0.400. The average Bonchev–Trinajstić information content (AvgIpc) is 2.30. The summed E-state index contributed by atoms with van der Waals surface area (Å²) in [6.45, 7) is 0. The van der Waals surface area contributed by atoms with Crippen molar-refractivity contribution in [1.82, 2.24) is 5.32 Å². The fraction of sp³-hybridized carbons (Fsp3) is 0.800. The monoisotopic (exact) mass is 280 g/mol. The first-order chi connectivity index (χ1) is 8.02. The smallest absolute Gasteiger partial charge is 0.326 e. The van der Waals surface area contributed by atoms with E-state index in [1.165, 1.54) is 0 Å². The van der Waals surface area contributed by atoms with E-state index in [1.807, 2.05) is 12.5 Å². The largest absolute Gasteiger partial charge is 0.480 e. The number of amides is 1. The summed E-state index contributed by atoms with van der Waals surface area (Å²) >= 11 is 3.15. The second-order valence-electron chi connectivity index (χ2n) is 3.57. The third-order valence-electron chi connectivity index (χ3n) is 2.19. The number of carbonyl (C=O) groups excluding carboxylic acids is 1. The lowest BCUT2D eigenvalue weighted by Crippen LogP contribution is -2.48. The van der Waals surface area contributed by atoms with Crippen LogP contribution in [0.5, 0.6) is 0 Å². The number of carboxylic acids is 1. The van der Waals surface area contributed by atoms with Gasteiger partial charge < -0.3 is 16.2 Å². The molecule has 7 heteroatoms. The number of carboxylic acid groups (broad SMARTS) is 1. The molecule has 0 aromatic rings. The van der Waals surface area contributed by atoms with E-state index in [-0.39, 0.29) is 5.91 Å². The topological polar surface area (TPSA) is 92.4 Å². The Morgan fingerprint density at radius 1 is 1.24 bits per heavy atom. The van der Waals surface area contributed by atoms with Gasteiger partial charge >= 0.3 is 5.97 Å². The van der Waals surface area contributed by atoms with Crippen molar-refractivity contribution in [3.8, 4) is 0 Å². The van der Waals surface area contributed by atoms with Gasteiger partial charge in [-0.2, -0.15) is 23.5 Å². The molecule has 0 aliphatic rings. The number of hydrogen-bond acceptors (Lipinski definition) is 5. The number of hydrogen-bond donors (Lipinski definition) is 3. The van der Waals surface area contributed by atoms with E-state index in [4.69, 9.17) is 10.8 Å². The van der Waals surface area contributed by atoms with Crippen LogP contribution in [0.3, 0.4) is 0 Å². The lowest BCUT2D eigenvalue weighted by molar-refractivity contribution is -0.142. The van der Waals surface area contributed by atoms with E-state index in [9.17, 15) is 9.59 Å². The molecule has 0 spiro atoms. The summed E-state index contributed by atoms with van der Waals surface area (Å²) in [5, 5.41) is 11.4. The highest BCUT2D eigenvalue weighted by Crippen LogP contribution is 2.03. The Balaban J connectivity index is 4.15. The first kappa shape index (κ1) is 16.6. The number of carbonyl (C=O) groups is 2. The minimum absolute atomic E-state index is 0.382. The van der Waals surface area contributed by atoms with E-state index in [1.54, 1.807) is 23.5 Å². The van der Waals surface area contributed by atoms with Gasteiger partial charge in [-0.15, -0.1) is 0 Å². The summed E-state index contributed by atoms with van der Waals surface area (Å²) in [6, 6.07) is -1.46. The third kappa shape index (κ3) is 7.51. The predicted octanol–water partition coefficient (Wildman–Crippen LogP) is 0.389. The molecule has 1 unspecified atom stereocenters. The highest BCUT2D eigenvalue weighted by Gasteiger charge is 2.22. The highest BCUT2D eigenvalue weighted by molar-refractivity contribution is 7.98. The van der Waals surface area contributed by atoms with Crippen molar-refractivity contribution in [2.24, 2.45) is 5.73 Å². The lowest BCUT2D eigenvalue weighted by Gasteiger charge is -2.17. The molecular weight excluding hydrogens is 260 g/mol. The maximum absolute atomic E-state index is 11.6. The Bertz CT molecular complexity index is 252. The molecule has 5 nitrogen and oxygen atoms in total. The van der Waals surface area contributed by atoms with Crippen LogP contribution >= 0.6 is 23.5 Å². The van der Waals surface area contributed by atoms with Gasteiger partial charge in [0.15, 0.2) is 0 Å². The number of nitrogens with two attached hydrogens (primary N) is 1. The molecule has 4 N–H and O–H groups in total. The van der Waals surface area contributed by atoms with Crippen molar-refractivity contribution in [2.45, 2.75) is 24.9 Å². The SMILES string of the molecule is CSCCC(N)C(=O)N[C@@H](CCSC)C(=O)O. The molecule has 0 fully saturated rings. The Kier molecular flexibility index (Phi) is 9.39. The number of rotatable bonds is 9. The second kappa shape index (κ2) is 9.61. The maximum Gasteiger partial charge on any atom is 0.326 e. The molecule has 0 aromatic heterocycles. The molecule has 2 atom stereocenters. The summed E-state index contributed by atoms with van der Waals surface area (Å²) in [5.41, 5.74) is 5.66. The van der Waals surface area contributed by atoms with Gasteiger partial charge in [0.1, 0.15) is 6.04 Å². The number of thioether (sulfide) groups is 2. The van der Waals surface area contributed by atoms with Crippen molar-refractivity contribution < 1.29 is 14.7 Å². The van der Waals surface area contributed by atoms with Crippen molar-refractivity contribution in [3.05, 3.63) is 0 Å². The summed E-state index contributed by atoms with van der Waals surface area (Å²) in [4.78, 5) is 22.5. The van der Waals surface area contributed by atoms with Crippen molar-refractivity contribution >= 4 is 35.4 Å². The van der Waals surface area contributed by atoms with E-state index in [2.05, 4.69) is 5.32 Å². The van der Waals surface area contributed by atoms with E-state index < -0.39 is 18.1 Å². The predicted molar refractivity (Wildman–Crippen MR) is 73.5 cm³/mol. The minimum Gasteiger partial charge on any atom is -0.480 e. The molecule has 0 aromatic carbocycles. The first-order valence-electron chi connectivity index (χ1n) is 5.29. The van der Waals surface area contributed by atoms with Crippen molar-refractivity contribution in [2.75, 3.05) is 24.0 Å². The molecule has 0 saturated carbocycles. The number of aliphatic carboxylic acids is 1. The molecule has 0 saturated heterocycles. The maximum atomic E-state index is 11.6. The van der Waals surface area contributed by atoms with Crippen LogP contribution < -0.4 is 11.1 Å². The van der Waals surface area contributed by atoms with Crippen LogP contribution in [-0.2, 0) is 9.59 Å². The molecule has 0 heterocycles. The third-order valence-corrected chi connectivity index (χ3v) is 3.48. The highest BCUT2D eigenvalue weighted by atomic mass is 32.2. The van der Waals surface area contributed by atoms with Crippen LogP contribution in [0.1, 0.15) is 12.8 Å². The van der Waals surface area contributed by atoms with Crippen LogP contribution in [0.2, 0.25) is 0 Å². The summed E-state index contributed by atoms with van der Waals surface area (Å²) in [7, 11) is 0. The van der Waals surface area contributed by atoms with Crippen LogP contribution in [0.15, 0.2) is 0 Å².